The van der Waals surface area contributed by atoms with E-state index < -0.39 is 37.3 Å². The number of ether oxygens (including phenoxy) is 1. The lowest BCUT2D eigenvalue weighted by Gasteiger charge is -2.39. The molecule has 5 N–H and O–H groups in total. The van der Waals surface area contributed by atoms with Crippen molar-refractivity contribution in [2.45, 2.75) is 37.6 Å². The molecule has 1 saturated heterocycles. The van der Waals surface area contributed by atoms with Gasteiger partial charge in [0.25, 0.3) is 0 Å². The number of nitrogens with zero attached hydrogens (tertiary/aromatic N) is 3. The second-order valence-corrected chi connectivity index (χ2v) is 5.61. The molecule has 0 saturated carbocycles. The minimum Gasteiger partial charge on any atom is -0.394 e. The van der Waals surface area contributed by atoms with Gasteiger partial charge in [-0.3, -0.25) is 4.79 Å². The van der Waals surface area contributed by atoms with E-state index in [1.54, 1.807) is 18.2 Å². The summed E-state index contributed by atoms with van der Waals surface area (Å²) in [6.45, 7) is 0.825. The number of aliphatic hydroxyl groups is 4. The molecule has 10 heteroatoms. The van der Waals surface area contributed by atoms with Gasteiger partial charge in [-0.05, 0) is 12.1 Å². The second-order valence-electron chi connectivity index (χ2n) is 5.61. The normalized spacial score (nSPS) is 30.5. The van der Waals surface area contributed by atoms with Crippen LogP contribution in [0, 0.1) is 0 Å². The number of amides is 1. The van der Waals surface area contributed by atoms with Gasteiger partial charge in [-0.25, -0.2) is 4.68 Å². The second kappa shape index (κ2) is 6.42. The number of rotatable bonds is 3. The molecule has 0 radical (unpaired) electrons. The molecule has 1 aliphatic heterocycles. The van der Waals surface area contributed by atoms with Gasteiger partial charge in [0.1, 0.15) is 29.9 Å². The van der Waals surface area contributed by atoms with Crippen LogP contribution in [0.5, 0.6) is 0 Å². The third-order valence-corrected chi connectivity index (χ3v) is 3.92. The molecular weight excluding hydrogens is 320 g/mol. The lowest BCUT2D eigenvalue weighted by molar-refractivity contribution is -0.253. The molecule has 0 unspecified atom stereocenters. The molecular formula is C14H18N4O6. The van der Waals surface area contributed by atoms with Crippen LogP contribution in [0.1, 0.15) is 13.2 Å². The molecule has 1 aromatic heterocycles. The third kappa shape index (κ3) is 2.74. The fourth-order valence-electron chi connectivity index (χ4n) is 2.72. The first kappa shape index (κ1) is 16.7. The average Bonchev–Trinajstić information content (AvgIpc) is 2.98. The maximum atomic E-state index is 11.3. The van der Waals surface area contributed by atoms with Crippen molar-refractivity contribution in [3.8, 4) is 0 Å². The van der Waals surface area contributed by atoms with Crippen molar-refractivity contribution in [1.82, 2.24) is 15.0 Å². The first-order valence-electron chi connectivity index (χ1n) is 7.36. The maximum absolute atomic E-state index is 11.3. The number of aromatic nitrogens is 3. The number of anilines is 1. The Morgan fingerprint density at radius 3 is 2.71 bits per heavy atom. The standard InChI is InChI=1S/C14H18N4O6/c1-6(20)15-7-3-2-4-8-10(7)16-17-18(8)14-13(23)12(22)11(21)9(5-19)24-14/h2-4,9,11-14,19,21-23H,5H2,1H3,(H,15,20)/t9-,11-,12+,13-,14-/m1/s1. The van der Waals surface area contributed by atoms with E-state index in [9.17, 15) is 25.2 Å². The van der Waals surface area contributed by atoms with Crippen LogP contribution >= 0.6 is 0 Å². The first-order chi connectivity index (χ1) is 11.4. The summed E-state index contributed by atoms with van der Waals surface area (Å²) in [6, 6.07) is 4.97. The quantitative estimate of drug-likeness (QED) is 0.447. The van der Waals surface area contributed by atoms with Gasteiger partial charge in [-0.15, -0.1) is 5.10 Å². The number of carbonyl (C=O) groups excluding carboxylic acids is 1. The number of hydrogen-bond acceptors (Lipinski definition) is 8. The summed E-state index contributed by atoms with van der Waals surface area (Å²) in [4.78, 5) is 11.3. The fourth-order valence-corrected chi connectivity index (χ4v) is 2.72. The number of aliphatic hydroxyl groups excluding tert-OH is 4. The van der Waals surface area contributed by atoms with Crippen molar-refractivity contribution in [1.29, 1.82) is 0 Å². The Balaban J connectivity index is 2.01. The van der Waals surface area contributed by atoms with Crippen molar-refractivity contribution in [3.05, 3.63) is 18.2 Å². The fraction of sp³-hybridized carbons (Fsp3) is 0.500. The van der Waals surface area contributed by atoms with E-state index in [2.05, 4.69) is 15.6 Å². The van der Waals surface area contributed by atoms with Gasteiger partial charge >= 0.3 is 0 Å². The molecule has 1 fully saturated rings. The van der Waals surface area contributed by atoms with Crippen molar-refractivity contribution >= 4 is 22.6 Å². The molecule has 24 heavy (non-hydrogen) atoms. The van der Waals surface area contributed by atoms with E-state index in [1.807, 2.05) is 0 Å². The van der Waals surface area contributed by atoms with E-state index in [0.717, 1.165) is 0 Å². The van der Waals surface area contributed by atoms with Crippen molar-refractivity contribution < 1.29 is 30.0 Å². The average molecular weight is 338 g/mol. The van der Waals surface area contributed by atoms with Crippen LogP contribution in [0.15, 0.2) is 18.2 Å². The highest BCUT2D eigenvalue weighted by Crippen LogP contribution is 2.31. The Kier molecular flexibility index (Phi) is 4.47. The van der Waals surface area contributed by atoms with E-state index >= 15 is 0 Å². The van der Waals surface area contributed by atoms with Crippen molar-refractivity contribution in [2.24, 2.45) is 0 Å². The highest BCUT2D eigenvalue weighted by atomic mass is 16.6. The Morgan fingerprint density at radius 2 is 2.04 bits per heavy atom. The Hall–Kier alpha value is -2.11. The summed E-state index contributed by atoms with van der Waals surface area (Å²) in [7, 11) is 0. The van der Waals surface area contributed by atoms with Gasteiger partial charge in [0.2, 0.25) is 5.91 Å². The van der Waals surface area contributed by atoms with Gasteiger partial charge in [-0.1, -0.05) is 11.3 Å². The minimum absolute atomic E-state index is 0.273. The minimum atomic E-state index is -1.52. The Labute approximate surface area is 136 Å². The van der Waals surface area contributed by atoms with Gasteiger partial charge in [0, 0.05) is 6.92 Å². The highest BCUT2D eigenvalue weighted by Gasteiger charge is 2.45. The predicted molar refractivity (Wildman–Crippen MR) is 80.8 cm³/mol. The van der Waals surface area contributed by atoms with Crippen molar-refractivity contribution in [3.63, 3.8) is 0 Å². The summed E-state index contributed by atoms with van der Waals surface area (Å²) >= 11 is 0. The van der Waals surface area contributed by atoms with E-state index in [-0.39, 0.29) is 5.91 Å². The largest absolute Gasteiger partial charge is 0.394 e. The molecule has 10 nitrogen and oxygen atoms in total. The van der Waals surface area contributed by atoms with Gasteiger partial charge < -0.3 is 30.5 Å². The van der Waals surface area contributed by atoms with Crippen LogP contribution in [0.3, 0.4) is 0 Å². The van der Waals surface area contributed by atoms with E-state index in [4.69, 9.17) is 4.74 Å². The number of benzene rings is 1. The van der Waals surface area contributed by atoms with Crippen LogP contribution in [-0.2, 0) is 9.53 Å². The van der Waals surface area contributed by atoms with E-state index in [0.29, 0.717) is 16.7 Å². The van der Waals surface area contributed by atoms with Crippen LogP contribution in [0.4, 0.5) is 5.69 Å². The lowest BCUT2D eigenvalue weighted by Crippen LogP contribution is -2.56. The Bertz CT molecular complexity index is 748. The van der Waals surface area contributed by atoms with Gasteiger partial charge in [0.15, 0.2) is 6.23 Å². The summed E-state index contributed by atoms with van der Waals surface area (Å²) in [5, 5.41) is 49.7. The molecule has 2 aromatic rings. The first-order valence-corrected chi connectivity index (χ1v) is 7.36. The van der Waals surface area contributed by atoms with Gasteiger partial charge in [-0.2, -0.15) is 0 Å². The highest BCUT2D eigenvalue weighted by molar-refractivity contribution is 5.98. The maximum Gasteiger partial charge on any atom is 0.221 e. The summed E-state index contributed by atoms with van der Waals surface area (Å²) < 4.78 is 6.71. The third-order valence-electron chi connectivity index (χ3n) is 3.92. The zero-order valence-corrected chi connectivity index (χ0v) is 12.8. The molecule has 3 rings (SSSR count). The summed E-state index contributed by atoms with van der Waals surface area (Å²) in [5.41, 5.74) is 1.27. The van der Waals surface area contributed by atoms with Gasteiger partial charge in [0.05, 0.1) is 17.8 Å². The van der Waals surface area contributed by atoms with Crippen LogP contribution in [0.2, 0.25) is 0 Å². The Morgan fingerprint density at radius 1 is 1.29 bits per heavy atom. The number of carbonyl (C=O) groups is 1. The van der Waals surface area contributed by atoms with Crippen LogP contribution < -0.4 is 5.32 Å². The molecule has 0 bridgehead atoms. The smallest absolute Gasteiger partial charge is 0.221 e. The zero-order chi connectivity index (χ0) is 17.4. The molecule has 2 heterocycles. The SMILES string of the molecule is CC(=O)Nc1cccc2c1nnn2[C@@H]1O[C@H](CO)[C@@H](O)[C@H](O)[C@H]1O. The summed E-state index contributed by atoms with van der Waals surface area (Å²) in [6.07, 6.45) is -6.65. The number of nitrogens with one attached hydrogen (secondary N) is 1. The lowest BCUT2D eigenvalue weighted by atomic mass is 9.98. The summed E-state index contributed by atoms with van der Waals surface area (Å²) in [5.74, 6) is -0.273. The predicted octanol–water partition coefficient (Wildman–Crippen LogP) is -1.64. The molecule has 130 valence electrons. The molecule has 1 amide bonds. The monoisotopic (exact) mass is 338 g/mol. The molecule has 0 aliphatic carbocycles. The van der Waals surface area contributed by atoms with Crippen LogP contribution in [-0.4, -0.2) is 72.3 Å². The van der Waals surface area contributed by atoms with Crippen LogP contribution in [0.25, 0.3) is 11.0 Å². The topological polar surface area (TPSA) is 150 Å². The molecule has 5 atom stereocenters. The zero-order valence-electron chi connectivity index (χ0n) is 12.8. The van der Waals surface area contributed by atoms with E-state index in [1.165, 1.54) is 11.6 Å². The van der Waals surface area contributed by atoms with Crippen molar-refractivity contribution in [2.75, 3.05) is 11.9 Å². The molecule has 1 aromatic carbocycles. The molecule has 0 spiro atoms. The molecule has 1 aliphatic rings. The number of hydrogen-bond donors (Lipinski definition) is 5. The number of fused-ring (bicyclic) bond motifs is 1.